The van der Waals surface area contributed by atoms with Crippen LogP contribution in [-0.4, -0.2) is 66.5 Å². The zero-order valence-corrected chi connectivity index (χ0v) is 38.2. The van der Waals surface area contributed by atoms with Gasteiger partial charge in [0.2, 0.25) is 0 Å². The van der Waals surface area contributed by atoms with Crippen molar-refractivity contribution in [2.45, 2.75) is 80.1 Å². The van der Waals surface area contributed by atoms with Crippen LogP contribution in [-0.2, 0) is 38.5 Å². The molecule has 0 unspecified atom stereocenters. The monoisotopic (exact) mass is 900 g/mol. The third kappa shape index (κ3) is 22.0. The first-order valence-corrected chi connectivity index (χ1v) is 21.4. The van der Waals surface area contributed by atoms with Crippen LogP contribution in [0.1, 0.15) is 137 Å². The fourth-order valence-electron chi connectivity index (χ4n) is 5.30. The van der Waals surface area contributed by atoms with E-state index in [1.807, 2.05) is 114 Å². The lowest BCUT2D eigenvalue weighted by molar-refractivity contribution is 0.0686. The predicted molar refractivity (Wildman–Crippen MR) is 257 cm³/mol. The molecule has 0 aliphatic rings. The van der Waals surface area contributed by atoms with Crippen LogP contribution in [0.4, 0.5) is 0 Å². The number of hydrogen-bond donors (Lipinski definition) is 6. The third-order valence-corrected chi connectivity index (χ3v) is 9.65. The van der Waals surface area contributed by atoms with Gasteiger partial charge in [-0.3, -0.25) is 0 Å². The molecular formula is C54H60O12. The molecule has 0 aliphatic heterocycles. The average Bonchev–Trinajstić information content (AvgIpc) is 3.35. The molecule has 0 aromatic heterocycles. The van der Waals surface area contributed by atoms with Crippen LogP contribution < -0.4 is 0 Å². The van der Waals surface area contributed by atoms with Crippen LogP contribution in [0.25, 0.3) is 0 Å². The van der Waals surface area contributed by atoms with Gasteiger partial charge in [0.25, 0.3) is 0 Å². The molecule has 0 amide bonds. The molecule has 6 N–H and O–H groups in total. The molecule has 12 heteroatoms. The summed E-state index contributed by atoms with van der Waals surface area (Å²) in [6.45, 7) is 12.2. The zero-order valence-electron chi connectivity index (χ0n) is 38.2. The van der Waals surface area contributed by atoms with E-state index in [1.165, 1.54) is 0 Å². The number of rotatable bonds is 12. The summed E-state index contributed by atoms with van der Waals surface area (Å²) < 4.78 is 0. The Morgan fingerprint density at radius 3 is 0.379 bits per heavy atom. The van der Waals surface area contributed by atoms with Crippen molar-refractivity contribution in [3.05, 3.63) is 212 Å². The van der Waals surface area contributed by atoms with E-state index in [1.54, 1.807) is 72.8 Å². The molecule has 0 aliphatic carbocycles. The highest BCUT2D eigenvalue weighted by molar-refractivity contribution is 5.89. The normalized spacial score (nSPS) is 9.55. The van der Waals surface area contributed by atoms with E-state index in [9.17, 15) is 28.8 Å². The van der Waals surface area contributed by atoms with Crippen molar-refractivity contribution in [2.24, 2.45) is 0 Å². The number of carbonyl (C=O) groups is 6. The summed E-state index contributed by atoms with van der Waals surface area (Å²) in [4.78, 5) is 62.4. The second-order valence-electron chi connectivity index (χ2n) is 14.1. The standard InChI is InChI=1S/6C9H10O2/c6*1-2-7-3-5-8(6-4-7)9(10)11/h6*3-6H,2H2,1H3,(H,10,11). The molecule has 0 atom stereocenters. The average molecular weight is 901 g/mol. The van der Waals surface area contributed by atoms with Crippen LogP contribution in [0.15, 0.2) is 146 Å². The molecular weight excluding hydrogens is 841 g/mol. The van der Waals surface area contributed by atoms with Gasteiger partial charge in [0, 0.05) is 0 Å². The Labute approximate surface area is 386 Å². The predicted octanol–water partition coefficient (Wildman–Crippen LogP) is 11.7. The van der Waals surface area contributed by atoms with Crippen LogP contribution in [0.3, 0.4) is 0 Å². The summed E-state index contributed by atoms with van der Waals surface area (Å²) in [5, 5.41) is 51.3. The van der Waals surface area contributed by atoms with Crippen LogP contribution in [0.5, 0.6) is 0 Å². The van der Waals surface area contributed by atoms with Gasteiger partial charge in [-0.25, -0.2) is 28.8 Å². The summed E-state index contributed by atoms with van der Waals surface area (Å²) >= 11 is 0. The van der Waals surface area contributed by atoms with Crippen LogP contribution in [0.2, 0.25) is 0 Å². The highest BCUT2D eigenvalue weighted by atomic mass is 16.4. The minimum absolute atomic E-state index is 0.349. The third-order valence-electron chi connectivity index (χ3n) is 9.65. The lowest BCUT2D eigenvalue weighted by Gasteiger charge is -1.96. The highest BCUT2D eigenvalue weighted by Crippen LogP contribution is 2.08. The Bertz CT molecular complexity index is 1940. The molecule has 348 valence electrons. The van der Waals surface area contributed by atoms with Crippen molar-refractivity contribution in [1.82, 2.24) is 0 Å². The minimum atomic E-state index is -0.868. The summed E-state index contributed by atoms with van der Waals surface area (Å²) in [7, 11) is 0. The Morgan fingerprint density at radius 2 is 0.318 bits per heavy atom. The molecule has 6 aromatic rings. The smallest absolute Gasteiger partial charge is 0.335 e. The van der Waals surface area contributed by atoms with Crippen molar-refractivity contribution in [2.75, 3.05) is 0 Å². The molecule has 6 rings (SSSR count). The lowest BCUT2D eigenvalue weighted by atomic mass is 10.1. The van der Waals surface area contributed by atoms with Gasteiger partial charge in [0.05, 0.1) is 33.4 Å². The van der Waals surface area contributed by atoms with E-state index in [0.717, 1.165) is 71.9 Å². The molecule has 12 nitrogen and oxygen atoms in total. The number of hydrogen-bond acceptors (Lipinski definition) is 6. The van der Waals surface area contributed by atoms with Gasteiger partial charge in [0.15, 0.2) is 0 Å². The fourth-order valence-corrected chi connectivity index (χ4v) is 5.30. The summed E-state index contributed by atoms with van der Waals surface area (Å²) in [5.41, 5.74) is 9.07. The quantitative estimate of drug-likeness (QED) is 0.0675. The van der Waals surface area contributed by atoms with Crippen LogP contribution >= 0.6 is 0 Å². The largest absolute Gasteiger partial charge is 0.478 e. The summed E-state index contributed by atoms with van der Waals surface area (Å²) in [6.07, 6.45) is 5.67. The number of benzene rings is 6. The molecule has 0 radical (unpaired) electrons. The zero-order chi connectivity index (χ0) is 49.6. The Kier molecular flexibility index (Phi) is 26.4. The van der Waals surface area contributed by atoms with Crippen molar-refractivity contribution in [3.63, 3.8) is 0 Å². The first kappa shape index (κ1) is 56.2. The first-order valence-electron chi connectivity index (χ1n) is 21.4. The minimum Gasteiger partial charge on any atom is -0.478 e. The SMILES string of the molecule is CCc1ccc(C(=O)O)cc1.CCc1ccc(C(=O)O)cc1.CCc1ccc(C(=O)O)cc1.CCc1ccc(C(=O)O)cc1.CCc1ccc(C(=O)O)cc1.CCc1ccc(C(=O)O)cc1. The molecule has 0 spiro atoms. The van der Waals surface area contributed by atoms with Gasteiger partial charge in [-0.05, 0) is 145 Å². The molecule has 0 heterocycles. The topological polar surface area (TPSA) is 224 Å². The summed E-state index contributed by atoms with van der Waals surface area (Å²) in [6, 6.07) is 41.6. The van der Waals surface area contributed by atoms with E-state index in [4.69, 9.17) is 30.6 Å². The van der Waals surface area contributed by atoms with Crippen LogP contribution in [0, 0.1) is 0 Å². The maximum absolute atomic E-state index is 10.4. The van der Waals surface area contributed by atoms with Gasteiger partial charge in [-0.15, -0.1) is 0 Å². The molecule has 0 saturated heterocycles. The molecule has 0 bridgehead atoms. The van der Waals surface area contributed by atoms with E-state index >= 15 is 0 Å². The Morgan fingerprint density at radius 1 is 0.227 bits per heavy atom. The van der Waals surface area contributed by atoms with Gasteiger partial charge < -0.3 is 30.6 Å². The Balaban J connectivity index is 0.000000396. The van der Waals surface area contributed by atoms with Gasteiger partial charge in [0.1, 0.15) is 0 Å². The van der Waals surface area contributed by atoms with E-state index < -0.39 is 35.8 Å². The highest BCUT2D eigenvalue weighted by Gasteiger charge is 2.04. The van der Waals surface area contributed by atoms with Crippen molar-refractivity contribution in [3.8, 4) is 0 Å². The molecule has 66 heavy (non-hydrogen) atoms. The number of carboxylic acids is 6. The number of aromatic carboxylic acids is 6. The van der Waals surface area contributed by atoms with Gasteiger partial charge >= 0.3 is 35.8 Å². The first-order chi connectivity index (χ1) is 31.4. The van der Waals surface area contributed by atoms with Crippen molar-refractivity contribution >= 4 is 35.8 Å². The van der Waals surface area contributed by atoms with Gasteiger partial charge in [-0.1, -0.05) is 114 Å². The number of aryl methyl sites for hydroxylation is 6. The molecule has 6 aromatic carbocycles. The second-order valence-corrected chi connectivity index (χ2v) is 14.1. The lowest BCUT2D eigenvalue weighted by Crippen LogP contribution is -1.95. The number of carboxylic acid groups (broad SMARTS) is 6. The fraction of sp³-hybridized carbons (Fsp3) is 0.222. The molecule has 0 fully saturated rings. The van der Waals surface area contributed by atoms with Crippen molar-refractivity contribution in [1.29, 1.82) is 0 Å². The second kappa shape index (κ2) is 31.1. The maximum Gasteiger partial charge on any atom is 0.335 e. The van der Waals surface area contributed by atoms with Gasteiger partial charge in [-0.2, -0.15) is 0 Å². The van der Waals surface area contributed by atoms with E-state index in [-0.39, 0.29) is 0 Å². The molecule has 0 saturated carbocycles. The Hall–Kier alpha value is -7.86. The van der Waals surface area contributed by atoms with E-state index in [0.29, 0.717) is 33.4 Å². The van der Waals surface area contributed by atoms with E-state index in [2.05, 4.69) is 0 Å². The van der Waals surface area contributed by atoms with Crippen molar-refractivity contribution < 1.29 is 59.4 Å². The summed E-state index contributed by atoms with van der Waals surface area (Å²) in [5.74, 6) is -5.21. The maximum atomic E-state index is 10.4.